The Bertz CT molecular complexity index is 229. The lowest BCUT2D eigenvalue weighted by atomic mass is 10.1. The molecular weight excluding hydrogens is 213 g/mol. The molecule has 1 rings (SSSR count). The molecule has 1 saturated heterocycles. The fourth-order valence-electron chi connectivity index (χ4n) is 1.94. The van der Waals surface area contributed by atoms with Crippen molar-refractivity contribution < 1.29 is 13.6 Å². The van der Waals surface area contributed by atoms with Crippen LogP contribution in [-0.4, -0.2) is 25.0 Å². The van der Waals surface area contributed by atoms with Crippen molar-refractivity contribution in [3.63, 3.8) is 0 Å². The van der Waals surface area contributed by atoms with Gasteiger partial charge in [-0.3, -0.25) is 4.57 Å². The van der Waals surface area contributed by atoms with Crippen LogP contribution in [0.1, 0.15) is 40.0 Å². The highest BCUT2D eigenvalue weighted by atomic mass is 31.2. The van der Waals surface area contributed by atoms with E-state index >= 15 is 0 Å². The van der Waals surface area contributed by atoms with Gasteiger partial charge in [-0.1, -0.05) is 0 Å². The van der Waals surface area contributed by atoms with Crippen LogP contribution in [0.4, 0.5) is 0 Å². The van der Waals surface area contributed by atoms with E-state index in [1.54, 1.807) is 0 Å². The van der Waals surface area contributed by atoms with Gasteiger partial charge in [0.25, 0.3) is 0 Å². The van der Waals surface area contributed by atoms with E-state index in [2.05, 4.69) is 5.32 Å². The molecule has 0 saturated carbocycles. The molecule has 0 bridgehead atoms. The fourth-order valence-corrected chi connectivity index (χ4v) is 4.00. The third-order valence-corrected chi connectivity index (χ3v) is 5.59. The van der Waals surface area contributed by atoms with E-state index in [1.165, 1.54) is 0 Å². The predicted octanol–water partition coefficient (Wildman–Crippen LogP) is 2.74. The first-order valence-corrected chi connectivity index (χ1v) is 7.26. The SMILES string of the molecule is CCOP(=O)(OCC)C1(C)CCCCN1. The van der Waals surface area contributed by atoms with Gasteiger partial charge in [-0.05, 0) is 46.6 Å². The van der Waals surface area contributed by atoms with Crippen LogP contribution in [0.15, 0.2) is 0 Å². The summed E-state index contributed by atoms with van der Waals surface area (Å²) in [6.07, 6.45) is 3.06. The highest BCUT2D eigenvalue weighted by molar-refractivity contribution is 7.55. The van der Waals surface area contributed by atoms with Crippen molar-refractivity contribution >= 4 is 7.60 Å². The predicted molar refractivity (Wildman–Crippen MR) is 61.1 cm³/mol. The second kappa shape index (κ2) is 5.44. The quantitative estimate of drug-likeness (QED) is 0.744. The Morgan fingerprint density at radius 2 is 1.87 bits per heavy atom. The van der Waals surface area contributed by atoms with Gasteiger partial charge in [0.05, 0.1) is 13.2 Å². The van der Waals surface area contributed by atoms with E-state index in [4.69, 9.17) is 9.05 Å². The molecule has 1 fully saturated rings. The zero-order chi connectivity index (χ0) is 11.4. The smallest absolute Gasteiger partial charge is 0.308 e. The maximum atomic E-state index is 12.6. The van der Waals surface area contributed by atoms with Crippen LogP contribution in [-0.2, 0) is 13.6 Å². The highest BCUT2D eigenvalue weighted by Gasteiger charge is 2.47. The average Bonchev–Trinajstić information content (AvgIpc) is 2.19. The molecule has 0 aromatic carbocycles. The minimum absolute atomic E-state index is 0.425. The number of hydrogen-bond donors (Lipinski definition) is 1. The van der Waals surface area contributed by atoms with Crippen LogP contribution >= 0.6 is 7.60 Å². The molecule has 1 atom stereocenters. The molecule has 15 heavy (non-hydrogen) atoms. The lowest BCUT2D eigenvalue weighted by molar-refractivity contribution is 0.178. The normalized spacial score (nSPS) is 27.9. The van der Waals surface area contributed by atoms with Gasteiger partial charge in [-0.2, -0.15) is 0 Å². The monoisotopic (exact) mass is 235 g/mol. The zero-order valence-corrected chi connectivity index (χ0v) is 10.8. The molecular formula is C10H22NO3P. The van der Waals surface area contributed by atoms with Gasteiger partial charge in [0.1, 0.15) is 5.28 Å². The van der Waals surface area contributed by atoms with Gasteiger partial charge in [-0.15, -0.1) is 0 Å². The van der Waals surface area contributed by atoms with Crippen molar-refractivity contribution in [1.29, 1.82) is 0 Å². The molecule has 4 nitrogen and oxygen atoms in total. The second-order valence-electron chi connectivity index (χ2n) is 3.99. The largest absolute Gasteiger partial charge is 0.350 e. The first-order chi connectivity index (χ1) is 7.08. The minimum Gasteiger partial charge on any atom is -0.308 e. The van der Waals surface area contributed by atoms with Gasteiger partial charge in [0, 0.05) is 0 Å². The Hall–Kier alpha value is 0.110. The molecule has 1 unspecified atom stereocenters. The minimum atomic E-state index is -3.02. The molecule has 0 amide bonds. The number of piperidine rings is 1. The van der Waals surface area contributed by atoms with E-state index < -0.39 is 12.9 Å². The molecule has 90 valence electrons. The van der Waals surface area contributed by atoms with Gasteiger partial charge in [-0.25, -0.2) is 0 Å². The second-order valence-corrected chi connectivity index (χ2v) is 6.49. The molecule has 0 spiro atoms. The van der Waals surface area contributed by atoms with Gasteiger partial charge in [0.15, 0.2) is 0 Å². The van der Waals surface area contributed by atoms with Crippen LogP contribution in [0.2, 0.25) is 0 Å². The highest BCUT2D eigenvalue weighted by Crippen LogP contribution is 2.61. The van der Waals surface area contributed by atoms with Crippen molar-refractivity contribution in [2.75, 3.05) is 19.8 Å². The summed E-state index contributed by atoms with van der Waals surface area (Å²) < 4.78 is 23.3. The van der Waals surface area contributed by atoms with Crippen molar-refractivity contribution in [3.05, 3.63) is 0 Å². The maximum absolute atomic E-state index is 12.6. The molecule has 5 heteroatoms. The fraction of sp³-hybridized carbons (Fsp3) is 1.00. The van der Waals surface area contributed by atoms with Crippen LogP contribution in [0.25, 0.3) is 0 Å². The Balaban J connectivity index is 2.80. The van der Waals surface area contributed by atoms with Crippen molar-refractivity contribution in [1.82, 2.24) is 5.32 Å². The Labute approximate surface area is 92.3 Å². The summed E-state index contributed by atoms with van der Waals surface area (Å²) in [5, 5.41) is 2.79. The van der Waals surface area contributed by atoms with Crippen molar-refractivity contribution in [2.24, 2.45) is 0 Å². The van der Waals surface area contributed by atoms with Crippen LogP contribution in [0.5, 0.6) is 0 Å². The average molecular weight is 235 g/mol. The summed E-state index contributed by atoms with van der Waals surface area (Å²) in [6, 6.07) is 0. The molecule has 0 aromatic rings. The van der Waals surface area contributed by atoms with Crippen molar-refractivity contribution in [2.45, 2.75) is 45.3 Å². The van der Waals surface area contributed by atoms with Crippen LogP contribution in [0, 0.1) is 0 Å². The summed E-state index contributed by atoms with van der Waals surface area (Å²) in [6.45, 7) is 7.37. The molecule has 0 aromatic heterocycles. The number of rotatable bonds is 5. The molecule has 0 radical (unpaired) electrons. The summed E-state index contributed by atoms with van der Waals surface area (Å²) in [5.41, 5.74) is 0. The lowest BCUT2D eigenvalue weighted by Gasteiger charge is -2.39. The van der Waals surface area contributed by atoms with Gasteiger partial charge >= 0.3 is 7.60 Å². The van der Waals surface area contributed by atoms with E-state index in [9.17, 15) is 4.57 Å². The first kappa shape index (κ1) is 13.2. The summed E-state index contributed by atoms with van der Waals surface area (Å²) >= 11 is 0. The van der Waals surface area contributed by atoms with Crippen LogP contribution in [0.3, 0.4) is 0 Å². The summed E-state index contributed by atoms with van der Waals surface area (Å²) in [4.78, 5) is 0. The first-order valence-electron chi connectivity index (χ1n) is 5.72. The van der Waals surface area contributed by atoms with Crippen LogP contribution < -0.4 is 5.32 Å². The third-order valence-electron chi connectivity index (χ3n) is 2.80. The maximum Gasteiger partial charge on any atom is 0.350 e. The summed E-state index contributed by atoms with van der Waals surface area (Å²) in [5.74, 6) is 0. The molecule has 1 heterocycles. The van der Waals surface area contributed by atoms with E-state index in [-0.39, 0.29) is 0 Å². The molecule has 0 aliphatic carbocycles. The zero-order valence-electron chi connectivity index (χ0n) is 9.91. The topological polar surface area (TPSA) is 47.6 Å². The van der Waals surface area contributed by atoms with Gasteiger partial charge < -0.3 is 14.4 Å². The lowest BCUT2D eigenvalue weighted by Crippen LogP contribution is -2.46. The third kappa shape index (κ3) is 2.82. The van der Waals surface area contributed by atoms with E-state index in [1.807, 2.05) is 20.8 Å². The number of nitrogens with one attached hydrogen (secondary N) is 1. The Morgan fingerprint density at radius 1 is 1.27 bits per heavy atom. The Morgan fingerprint density at radius 3 is 2.27 bits per heavy atom. The Kier molecular flexibility index (Phi) is 4.78. The standard InChI is InChI=1S/C10H22NO3P/c1-4-13-15(12,14-5-2)10(3)8-6-7-9-11-10/h11H,4-9H2,1-3H3. The molecule has 1 N–H and O–H groups in total. The molecule has 1 aliphatic rings. The van der Waals surface area contributed by atoms with E-state index in [0.29, 0.717) is 13.2 Å². The summed E-state index contributed by atoms with van der Waals surface area (Å²) in [7, 11) is -3.02. The number of hydrogen-bond acceptors (Lipinski definition) is 4. The molecule has 1 aliphatic heterocycles. The van der Waals surface area contributed by atoms with Gasteiger partial charge in [0.2, 0.25) is 0 Å². The van der Waals surface area contributed by atoms with E-state index in [0.717, 1.165) is 25.8 Å². The van der Waals surface area contributed by atoms with Crippen molar-refractivity contribution in [3.8, 4) is 0 Å².